The van der Waals surface area contributed by atoms with Gasteiger partial charge in [0.1, 0.15) is 12.1 Å². The van der Waals surface area contributed by atoms with Gasteiger partial charge in [0.25, 0.3) is 5.91 Å². The van der Waals surface area contributed by atoms with Crippen LogP contribution in [0.1, 0.15) is 67.1 Å². The number of ether oxygens (including phenoxy) is 1. The van der Waals surface area contributed by atoms with Crippen molar-refractivity contribution in [2.45, 2.75) is 66.3 Å². The smallest absolute Gasteiger partial charge is 0.326 e. The van der Waals surface area contributed by atoms with Gasteiger partial charge in [0.05, 0.1) is 0 Å². The second kappa shape index (κ2) is 8.09. The van der Waals surface area contributed by atoms with Gasteiger partial charge in [-0.25, -0.2) is 4.79 Å². The first-order chi connectivity index (χ1) is 14.3. The van der Waals surface area contributed by atoms with E-state index in [0.29, 0.717) is 18.4 Å². The number of aryl methyl sites for hydroxylation is 3. The predicted molar refractivity (Wildman–Crippen MR) is 116 cm³/mol. The summed E-state index contributed by atoms with van der Waals surface area (Å²) in [6, 6.07) is 3.13. The molecule has 1 saturated heterocycles. The maximum atomic E-state index is 13.1. The van der Waals surface area contributed by atoms with Crippen molar-refractivity contribution in [3.8, 4) is 0 Å². The summed E-state index contributed by atoms with van der Waals surface area (Å²) in [6.45, 7) is 11.0. The molecule has 1 saturated carbocycles. The van der Waals surface area contributed by atoms with Gasteiger partial charge in [0, 0.05) is 5.56 Å². The van der Waals surface area contributed by atoms with E-state index < -0.39 is 30.7 Å². The Labute approximate surface area is 183 Å². The Morgan fingerprint density at radius 1 is 1.10 bits per heavy atom. The molecule has 1 aliphatic carbocycles. The number of hydrogen-bond acceptors (Lipinski definition) is 5. The van der Waals surface area contributed by atoms with Gasteiger partial charge in [-0.1, -0.05) is 26.8 Å². The van der Waals surface area contributed by atoms with Crippen LogP contribution in [0.2, 0.25) is 0 Å². The minimum absolute atomic E-state index is 0.0897. The summed E-state index contributed by atoms with van der Waals surface area (Å²) in [7, 11) is 0. The summed E-state index contributed by atoms with van der Waals surface area (Å²) in [5.41, 5.74) is 2.32. The SMILES string of the molecule is Cc1cc(C)c(C(=O)COC(=O)CN2C(=O)N[C@@]3(C[C@H](C)CC(C)(C)C3)C2=O)cc1C. The molecule has 1 aliphatic heterocycles. The minimum Gasteiger partial charge on any atom is -0.456 e. The van der Waals surface area contributed by atoms with Gasteiger partial charge in [0.2, 0.25) is 5.78 Å². The Kier molecular flexibility index (Phi) is 6.00. The number of ketones is 1. The van der Waals surface area contributed by atoms with Crippen molar-refractivity contribution < 1.29 is 23.9 Å². The first-order valence-corrected chi connectivity index (χ1v) is 10.7. The molecule has 0 unspecified atom stereocenters. The highest BCUT2D eigenvalue weighted by molar-refractivity contribution is 6.09. The molecule has 0 bridgehead atoms. The first-order valence-electron chi connectivity index (χ1n) is 10.7. The molecule has 1 aromatic carbocycles. The second-order valence-electron chi connectivity index (χ2n) is 10.1. The van der Waals surface area contributed by atoms with Crippen molar-refractivity contribution in [2.75, 3.05) is 13.2 Å². The van der Waals surface area contributed by atoms with E-state index in [1.807, 2.05) is 26.8 Å². The van der Waals surface area contributed by atoms with Gasteiger partial charge in [-0.3, -0.25) is 19.3 Å². The van der Waals surface area contributed by atoms with E-state index in [9.17, 15) is 19.2 Å². The van der Waals surface area contributed by atoms with E-state index in [2.05, 4.69) is 26.1 Å². The Hall–Kier alpha value is -2.70. The summed E-state index contributed by atoms with van der Waals surface area (Å²) in [5.74, 6) is -1.20. The van der Waals surface area contributed by atoms with Crippen LogP contribution in [-0.2, 0) is 14.3 Å². The van der Waals surface area contributed by atoms with Crippen molar-refractivity contribution in [1.82, 2.24) is 10.2 Å². The van der Waals surface area contributed by atoms with E-state index in [1.165, 1.54) is 0 Å². The van der Waals surface area contributed by atoms with Crippen LogP contribution in [0, 0.1) is 32.1 Å². The van der Waals surface area contributed by atoms with Gasteiger partial charge in [-0.15, -0.1) is 0 Å². The third kappa shape index (κ3) is 4.65. The number of benzene rings is 1. The molecule has 3 rings (SSSR count). The third-order valence-corrected chi connectivity index (χ3v) is 6.42. The van der Waals surface area contributed by atoms with Crippen LogP contribution in [0.3, 0.4) is 0 Å². The summed E-state index contributed by atoms with van der Waals surface area (Å²) >= 11 is 0. The molecule has 1 aromatic rings. The summed E-state index contributed by atoms with van der Waals surface area (Å²) in [6.07, 6.45) is 2.06. The van der Waals surface area contributed by atoms with Crippen molar-refractivity contribution in [1.29, 1.82) is 0 Å². The number of rotatable bonds is 5. The zero-order chi connectivity index (χ0) is 23.1. The number of hydrogen-bond donors (Lipinski definition) is 1. The Morgan fingerprint density at radius 3 is 2.39 bits per heavy atom. The number of nitrogens with one attached hydrogen (secondary N) is 1. The zero-order valence-electron chi connectivity index (χ0n) is 19.3. The molecule has 2 aliphatic rings. The highest BCUT2D eigenvalue weighted by atomic mass is 16.5. The number of amides is 3. The van der Waals surface area contributed by atoms with Crippen molar-refractivity contribution >= 4 is 23.7 Å². The molecular formula is C24H32N2O5. The van der Waals surface area contributed by atoms with E-state index in [-0.39, 0.29) is 23.0 Å². The quantitative estimate of drug-likeness (QED) is 0.440. The predicted octanol–water partition coefficient (Wildman–Crippen LogP) is 3.47. The van der Waals surface area contributed by atoms with Gasteiger partial charge in [-0.2, -0.15) is 0 Å². The maximum absolute atomic E-state index is 13.1. The van der Waals surface area contributed by atoms with Crippen LogP contribution in [0.25, 0.3) is 0 Å². The van der Waals surface area contributed by atoms with Crippen LogP contribution < -0.4 is 5.32 Å². The van der Waals surface area contributed by atoms with Gasteiger partial charge >= 0.3 is 12.0 Å². The molecule has 2 fully saturated rings. The number of carbonyl (C=O) groups excluding carboxylic acids is 4. The number of Topliss-reactive ketones (excluding diaryl/α,β-unsaturated/α-hetero) is 1. The highest BCUT2D eigenvalue weighted by Gasteiger charge is 2.56. The number of esters is 1. The normalized spacial score (nSPS) is 25.0. The van der Waals surface area contributed by atoms with Crippen molar-refractivity contribution in [3.05, 3.63) is 34.4 Å². The third-order valence-electron chi connectivity index (χ3n) is 6.42. The lowest BCUT2D eigenvalue weighted by atomic mass is 9.64. The lowest BCUT2D eigenvalue weighted by Gasteiger charge is -2.43. The van der Waals surface area contributed by atoms with Crippen LogP contribution in [-0.4, -0.2) is 47.3 Å². The van der Waals surface area contributed by atoms with Crippen LogP contribution in [0.15, 0.2) is 12.1 Å². The van der Waals surface area contributed by atoms with E-state index >= 15 is 0 Å². The number of imide groups is 1. The molecule has 1 heterocycles. The lowest BCUT2D eigenvalue weighted by molar-refractivity contribution is -0.147. The highest BCUT2D eigenvalue weighted by Crippen LogP contribution is 2.46. The Morgan fingerprint density at radius 2 is 1.74 bits per heavy atom. The number of nitrogens with zero attached hydrogens (tertiary/aromatic N) is 1. The Bertz CT molecular complexity index is 952. The summed E-state index contributed by atoms with van der Waals surface area (Å²) in [5, 5.41) is 2.83. The molecule has 1 spiro atoms. The second-order valence-corrected chi connectivity index (χ2v) is 10.1. The molecule has 1 N–H and O–H groups in total. The molecule has 0 radical (unpaired) electrons. The van der Waals surface area contributed by atoms with Crippen LogP contribution in [0.4, 0.5) is 4.79 Å². The fourth-order valence-corrected chi connectivity index (χ4v) is 5.31. The molecule has 7 nitrogen and oxygen atoms in total. The molecule has 3 amide bonds. The van der Waals surface area contributed by atoms with Crippen molar-refractivity contribution in [3.63, 3.8) is 0 Å². The molecular weight excluding hydrogens is 396 g/mol. The average molecular weight is 429 g/mol. The topological polar surface area (TPSA) is 92.8 Å². The monoisotopic (exact) mass is 428 g/mol. The zero-order valence-corrected chi connectivity index (χ0v) is 19.3. The fraction of sp³-hybridized carbons (Fsp3) is 0.583. The lowest BCUT2D eigenvalue weighted by Crippen LogP contribution is -2.54. The van der Waals surface area contributed by atoms with E-state index in [4.69, 9.17) is 4.74 Å². The van der Waals surface area contributed by atoms with E-state index in [1.54, 1.807) is 6.07 Å². The molecule has 0 aromatic heterocycles. The van der Waals surface area contributed by atoms with Crippen molar-refractivity contribution in [2.24, 2.45) is 11.3 Å². The molecule has 31 heavy (non-hydrogen) atoms. The van der Waals surface area contributed by atoms with E-state index in [0.717, 1.165) is 28.0 Å². The number of urea groups is 1. The Balaban J connectivity index is 1.63. The summed E-state index contributed by atoms with van der Waals surface area (Å²) in [4.78, 5) is 51.4. The standard InChI is InChI=1S/C24H32N2O5/c1-14-9-23(5,6)13-24(10-14)21(29)26(22(30)25-24)11-20(28)31-12-19(27)18-8-16(3)15(2)7-17(18)4/h7-8,14H,9-13H2,1-6H3,(H,25,30)/t14-,24-/m1/s1. The van der Waals surface area contributed by atoms with Crippen LogP contribution >= 0.6 is 0 Å². The van der Waals surface area contributed by atoms with Gasteiger partial charge < -0.3 is 10.1 Å². The molecule has 168 valence electrons. The summed E-state index contributed by atoms with van der Waals surface area (Å²) < 4.78 is 5.12. The average Bonchev–Trinajstić information content (AvgIpc) is 2.84. The first kappa shape index (κ1) is 23.0. The van der Waals surface area contributed by atoms with Gasteiger partial charge in [-0.05, 0) is 74.1 Å². The van der Waals surface area contributed by atoms with Crippen LogP contribution in [0.5, 0.6) is 0 Å². The largest absolute Gasteiger partial charge is 0.456 e. The maximum Gasteiger partial charge on any atom is 0.326 e. The molecule has 7 heteroatoms. The number of carbonyl (C=O) groups is 4. The molecule has 2 atom stereocenters. The van der Waals surface area contributed by atoms with Gasteiger partial charge in [0.15, 0.2) is 6.61 Å². The minimum atomic E-state index is -0.967. The fourth-order valence-electron chi connectivity index (χ4n) is 5.31.